The molecule has 1 amide bonds. The second-order valence-corrected chi connectivity index (χ2v) is 5.15. The number of hydrogen-bond acceptors (Lipinski definition) is 5. The van der Waals surface area contributed by atoms with Crippen LogP contribution in [0.1, 0.15) is 13.8 Å². The highest BCUT2D eigenvalue weighted by Gasteiger charge is 2.25. The van der Waals surface area contributed by atoms with E-state index in [1.165, 1.54) is 0 Å². The first kappa shape index (κ1) is 15.1. The molecule has 0 aliphatic rings. The predicted molar refractivity (Wildman–Crippen MR) is 73.0 cm³/mol. The number of rotatable bonds is 5. The molecule has 1 rings (SSSR count). The average Bonchev–Trinajstić information content (AvgIpc) is 2.31. The summed E-state index contributed by atoms with van der Waals surface area (Å²) in [6.07, 6.45) is -1.02. The number of carbonyl (C=O) groups excluding carboxylic acids is 1. The molecule has 0 aliphatic carbocycles. The number of amides is 1. The highest BCUT2D eigenvalue weighted by Crippen LogP contribution is 2.24. The smallest absolute Gasteiger partial charge is 0.422 e. The van der Waals surface area contributed by atoms with Crippen molar-refractivity contribution < 1.29 is 17.9 Å². The number of nitrogen functional groups attached to an aromatic ring is 1. The molecule has 7 nitrogen and oxygen atoms in total. The van der Waals surface area contributed by atoms with Crippen LogP contribution in [0.25, 0.3) is 0 Å². The third-order valence-corrected chi connectivity index (χ3v) is 3.73. The third-order valence-electron chi connectivity index (χ3n) is 2.27. The molecule has 0 spiro atoms. The Labute approximate surface area is 112 Å². The molecular formula is C11H17N3O4S. The minimum Gasteiger partial charge on any atom is -0.449 e. The summed E-state index contributed by atoms with van der Waals surface area (Å²) in [5.74, 6) is 0. The maximum absolute atomic E-state index is 12.1. The van der Waals surface area contributed by atoms with Crippen molar-refractivity contribution in [2.75, 3.05) is 23.2 Å². The standard InChI is InChI=1S/C11H17N3O4S/c1-3-14(10-8-6-5-7-9(10)12)19(16,17)13-11(15)18-4-2/h5-8H,3-4,12H2,1-2H3,(H,13,15). The zero-order valence-corrected chi connectivity index (χ0v) is 11.6. The van der Waals surface area contributed by atoms with Crippen LogP contribution in [0.15, 0.2) is 24.3 Å². The Morgan fingerprint density at radius 2 is 2.00 bits per heavy atom. The van der Waals surface area contributed by atoms with Gasteiger partial charge in [0.05, 0.1) is 18.0 Å². The molecule has 0 bridgehead atoms. The zero-order chi connectivity index (χ0) is 14.5. The molecule has 0 aromatic heterocycles. The first-order chi connectivity index (χ1) is 8.92. The Morgan fingerprint density at radius 1 is 1.37 bits per heavy atom. The van der Waals surface area contributed by atoms with Gasteiger partial charge in [0.1, 0.15) is 0 Å². The van der Waals surface area contributed by atoms with Gasteiger partial charge in [-0.2, -0.15) is 8.42 Å². The molecule has 0 saturated carbocycles. The number of hydrogen-bond donors (Lipinski definition) is 2. The lowest BCUT2D eigenvalue weighted by Gasteiger charge is -2.23. The largest absolute Gasteiger partial charge is 0.449 e. The monoisotopic (exact) mass is 287 g/mol. The minimum absolute atomic E-state index is 0.0843. The summed E-state index contributed by atoms with van der Waals surface area (Å²) in [7, 11) is -4.04. The van der Waals surface area contributed by atoms with E-state index in [9.17, 15) is 13.2 Å². The zero-order valence-electron chi connectivity index (χ0n) is 10.8. The van der Waals surface area contributed by atoms with Crippen LogP contribution in [0, 0.1) is 0 Å². The topological polar surface area (TPSA) is 102 Å². The van der Waals surface area contributed by atoms with Crippen molar-refractivity contribution >= 4 is 27.7 Å². The first-order valence-corrected chi connectivity index (χ1v) is 7.18. The lowest BCUT2D eigenvalue weighted by Crippen LogP contribution is -2.44. The summed E-state index contributed by atoms with van der Waals surface area (Å²) in [6, 6.07) is 6.49. The van der Waals surface area contributed by atoms with Gasteiger partial charge in [0.2, 0.25) is 0 Å². The van der Waals surface area contributed by atoms with Gasteiger partial charge in [-0.15, -0.1) is 0 Å². The molecule has 0 unspecified atom stereocenters. The van der Waals surface area contributed by atoms with E-state index in [1.807, 2.05) is 4.72 Å². The van der Waals surface area contributed by atoms with E-state index in [2.05, 4.69) is 4.74 Å². The van der Waals surface area contributed by atoms with Gasteiger partial charge >= 0.3 is 16.3 Å². The molecule has 19 heavy (non-hydrogen) atoms. The van der Waals surface area contributed by atoms with Crippen molar-refractivity contribution in [2.45, 2.75) is 13.8 Å². The predicted octanol–water partition coefficient (Wildman–Crippen LogP) is 1.09. The fourth-order valence-corrected chi connectivity index (χ4v) is 2.65. The van der Waals surface area contributed by atoms with Gasteiger partial charge in [-0.3, -0.25) is 4.31 Å². The van der Waals surface area contributed by atoms with Crippen molar-refractivity contribution in [3.05, 3.63) is 24.3 Å². The van der Waals surface area contributed by atoms with Gasteiger partial charge in [-0.1, -0.05) is 12.1 Å². The first-order valence-electron chi connectivity index (χ1n) is 5.74. The van der Waals surface area contributed by atoms with E-state index in [-0.39, 0.29) is 13.2 Å². The Balaban J connectivity index is 3.03. The summed E-state index contributed by atoms with van der Waals surface area (Å²) in [5.41, 5.74) is 6.34. The van der Waals surface area contributed by atoms with Gasteiger partial charge in [0, 0.05) is 6.54 Å². The maximum Gasteiger partial charge on any atom is 0.422 e. The van der Waals surface area contributed by atoms with E-state index < -0.39 is 16.3 Å². The van der Waals surface area contributed by atoms with Crippen LogP contribution in [0.2, 0.25) is 0 Å². The summed E-state index contributed by atoms with van der Waals surface area (Å²) in [6.45, 7) is 3.43. The summed E-state index contributed by atoms with van der Waals surface area (Å²) in [4.78, 5) is 11.2. The Kier molecular flexibility index (Phi) is 4.99. The molecule has 1 aromatic rings. The maximum atomic E-state index is 12.1. The van der Waals surface area contributed by atoms with Crippen LogP contribution in [-0.2, 0) is 14.9 Å². The summed E-state index contributed by atoms with van der Waals surface area (Å²) in [5, 5.41) is 0. The Bertz CT molecular complexity index is 545. The van der Waals surface area contributed by atoms with Crippen LogP contribution in [0.3, 0.4) is 0 Å². The number of nitrogens with one attached hydrogen (secondary N) is 1. The van der Waals surface area contributed by atoms with Gasteiger partial charge in [-0.25, -0.2) is 9.52 Å². The van der Waals surface area contributed by atoms with Crippen molar-refractivity contribution in [1.29, 1.82) is 0 Å². The van der Waals surface area contributed by atoms with E-state index >= 15 is 0 Å². The van der Waals surface area contributed by atoms with Crippen LogP contribution in [-0.4, -0.2) is 27.7 Å². The number of nitrogens with two attached hydrogens (primary N) is 1. The van der Waals surface area contributed by atoms with Gasteiger partial charge in [-0.05, 0) is 26.0 Å². The molecule has 0 radical (unpaired) electrons. The molecule has 106 valence electrons. The molecule has 0 atom stereocenters. The van der Waals surface area contributed by atoms with E-state index in [1.54, 1.807) is 38.1 Å². The quantitative estimate of drug-likeness (QED) is 0.789. The summed E-state index contributed by atoms with van der Waals surface area (Å²) >= 11 is 0. The second kappa shape index (κ2) is 6.28. The molecule has 3 N–H and O–H groups in total. The number of benzene rings is 1. The number of ether oxygens (including phenoxy) is 1. The van der Waals surface area contributed by atoms with Crippen molar-refractivity contribution in [2.24, 2.45) is 0 Å². The molecule has 0 aliphatic heterocycles. The molecule has 0 heterocycles. The van der Waals surface area contributed by atoms with Crippen LogP contribution >= 0.6 is 0 Å². The average molecular weight is 287 g/mol. The highest BCUT2D eigenvalue weighted by molar-refractivity contribution is 7.91. The van der Waals surface area contributed by atoms with Crippen molar-refractivity contribution in [1.82, 2.24) is 4.72 Å². The third kappa shape index (κ3) is 3.75. The fourth-order valence-electron chi connectivity index (χ4n) is 1.51. The van der Waals surface area contributed by atoms with Crippen molar-refractivity contribution in [3.8, 4) is 0 Å². The molecule has 1 aromatic carbocycles. The van der Waals surface area contributed by atoms with E-state index in [0.717, 1.165) is 4.31 Å². The highest BCUT2D eigenvalue weighted by atomic mass is 32.2. The molecular weight excluding hydrogens is 270 g/mol. The van der Waals surface area contributed by atoms with E-state index in [0.29, 0.717) is 11.4 Å². The van der Waals surface area contributed by atoms with Crippen LogP contribution < -0.4 is 14.8 Å². The molecule has 0 saturated heterocycles. The van der Waals surface area contributed by atoms with E-state index in [4.69, 9.17) is 5.73 Å². The molecule has 0 fully saturated rings. The van der Waals surface area contributed by atoms with Crippen molar-refractivity contribution in [3.63, 3.8) is 0 Å². The number of carbonyl (C=O) groups is 1. The normalized spacial score (nSPS) is 10.8. The van der Waals surface area contributed by atoms with Gasteiger partial charge in [0.25, 0.3) is 0 Å². The van der Waals surface area contributed by atoms with Crippen LogP contribution in [0.5, 0.6) is 0 Å². The fraction of sp³-hybridized carbons (Fsp3) is 0.364. The van der Waals surface area contributed by atoms with Gasteiger partial charge in [0.15, 0.2) is 0 Å². The SMILES string of the molecule is CCOC(=O)NS(=O)(=O)N(CC)c1ccccc1N. The number of anilines is 2. The van der Waals surface area contributed by atoms with Gasteiger partial charge < -0.3 is 10.5 Å². The second-order valence-electron chi connectivity index (χ2n) is 3.55. The Morgan fingerprint density at radius 3 is 2.53 bits per heavy atom. The number of para-hydroxylation sites is 2. The Hall–Kier alpha value is -1.96. The lowest BCUT2D eigenvalue weighted by molar-refractivity contribution is 0.158. The lowest BCUT2D eigenvalue weighted by atomic mass is 10.3. The molecule has 8 heteroatoms. The number of nitrogens with zero attached hydrogens (tertiary/aromatic N) is 1. The summed E-state index contributed by atoms with van der Waals surface area (Å²) < 4.78 is 31.5. The van der Waals surface area contributed by atoms with Crippen LogP contribution in [0.4, 0.5) is 16.2 Å². The minimum atomic E-state index is -4.04.